The molecule has 19 heavy (non-hydrogen) atoms. The van der Waals surface area contributed by atoms with Gasteiger partial charge in [-0.1, -0.05) is 0 Å². The number of nitrogens with two attached hydrogens (primary N) is 1. The van der Waals surface area contributed by atoms with E-state index < -0.39 is 44.5 Å². The average Bonchev–Trinajstić information content (AvgIpc) is 2.85. The normalized spacial score (nSPS) is 42.2. The summed E-state index contributed by atoms with van der Waals surface area (Å²) in [6.07, 6.45) is -2.80. The van der Waals surface area contributed by atoms with Crippen LogP contribution in [-0.2, 0) is 13.8 Å². The number of hydrogen-bond acceptors (Lipinski definition) is 8. The molecule has 2 aliphatic heterocycles. The Hall–Kier alpha value is -0.710. The molecule has 0 spiro atoms. The van der Waals surface area contributed by atoms with Gasteiger partial charge in [0.2, 0.25) is 0 Å². The Labute approximate surface area is 107 Å². The molecule has 0 aromatic rings. The third-order valence-electron chi connectivity index (χ3n) is 2.86. The van der Waals surface area contributed by atoms with Crippen molar-refractivity contribution in [3.05, 3.63) is 0 Å². The fraction of sp³-hybridized carbons (Fsp3) is 0.750. The van der Waals surface area contributed by atoms with Crippen LogP contribution in [0, 0.1) is 0 Å². The summed E-state index contributed by atoms with van der Waals surface area (Å²) in [7, 11) is -4.87. The van der Waals surface area contributed by atoms with Gasteiger partial charge in [0.1, 0.15) is 30.8 Å². The van der Waals surface area contributed by atoms with Gasteiger partial charge in [0, 0.05) is 0 Å². The summed E-state index contributed by atoms with van der Waals surface area (Å²) in [4.78, 5) is 25.2. The Balaban J connectivity index is 2.27. The number of phosphoric acid groups is 1. The smallest absolute Gasteiger partial charge is 0.394 e. The van der Waals surface area contributed by atoms with Gasteiger partial charge in [0.15, 0.2) is 5.66 Å². The van der Waals surface area contributed by atoms with E-state index in [1.54, 1.807) is 0 Å². The highest BCUT2D eigenvalue weighted by atomic mass is 31.2. The lowest BCUT2D eigenvalue weighted by Gasteiger charge is -2.29. The molecule has 1 fully saturated rings. The van der Waals surface area contributed by atoms with Crippen LogP contribution in [0.25, 0.3) is 0 Å². The van der Waals surface area contributed by atoms with Gasteiger partial charge in [-0.3, -0.25) is 4.52 Å². The minimum atomic E-state index is -4.87. The maximum atomic E-state index is 10.9. The molecule has 2 aliphatic rings. The molecule has 10 nitrogen and oxygen atoms in total. The predicted molar refractivity (Wildman–Crippen MR) is 62.6 cm³/mol. The molecule has 0 bridgehead atoms. The Bertz CT molecular complexity index is 438. The first-order chi connectivity index (χ1) is 8.77. The number of aliphatic hydroxyl groups excluding tert-OH is 2. The van der Waals surface area contributed by atoms with Gasteiger partial charge in [0.05, 0.1) is 12.8 Å². The van der Waals surface area contributed by atoms with Gasteiger partial charge in [0.25, 0.3) is 0 Å². The molecular formula is C8H14N3O7P. The predicted octanol–water partition coefficient (Wildman–Crippen LogP) is -2.65. The third-order valence-corrected chi connectivity index (χ3v) is 3.38. The molecule has 5 atom stereocenters. The van der Waals surface area contributed by atoms with Gasteiger partial charge in [-0.15, -0.1) is 0 Å². The van der Waals surface area contributed by atoms with Crippen LogP contribution in [0.5, 0.6) is 0 Å². The van der Waals surface area contributed by atoms with E-state index in [2.05, 4.69) is 14.5 Å². The zero-order valence-corrected chi connectivity index (χ0v) is 10.5. The summed E-state index contributed by atoms with van der Waals surface area (Å²) >= 11 is 0. The van der Waals surface area contributed by atoms with Crippen molar-refractivity contribution in [2.24, 2.45) is 15.7 Å². The largest absolute Gasteiger partial charge is 0.470 e. The molecule has 2 rings (SSSR count). The van der Waals surface area contributed by atoms with Crippen LogP contribution in [-0.4, -0.2) is 69.2 Å². The molecule has 2 unspecified atom stereocenters. The minimum absolute atomic E-state index is 0.560. The monoisotopic (exact) mass is 295 g/mol. The van der Waals surface area contributed by atoms with Crippen LogP contribution in [0.4, 0.5) is 0 Å². The molecular weight excluding hydrogens is 281 g/mol. The second-order valence-electron chi connectivity index (χ2n) is 4.24. The molecule has 0 saturated carbocycles. The SMILES string of the molecule is NC1(C2O[C@H](CO)[C@@H](O)[C@H]2OP(=O)(O)O)C=NC=N1. The number of ether oxygens (including phenoxy) is 1. The van der Waals surface area contributed by atoms with E-state index in [0.717, 1.165) is 6.34 Å². The maximum Gasteiger partial charge on any atom is 0.470 e. The molecule has 2 heterocycles. The van der Waals surface area contributed by atoms with E-state index >= 15 is 0 Å². The summed E-state index contributed by atoms with van der Waals surface area (Å²) in [6.45, 7) is -0.560. The van der Waals surface area contributed by atoms with Crippen LogP contribution >= 0.6 is 7.82 Å². The van der Waals surface area contributed by atoms with Crippen molar-refractivity contribution in [1.29, 1.82) is 0 Å². The van der Waals surface area contributed by atoms with Gasteiger partial charge in [-0.2, -0.15) is 0 Å². The van der Waals surface area contributed by atoms with E-state index in [0.29, 0.717) is 0 Å². The Kier molecular flexibility index (Phi) is 3.87. The average molecular weight is 295 g/mol. The lowest BCUT2D eigenvalue weighted by molar-refractivity contribution is -0.0355. The van der Waals surface area contributed by atoms with E-state index in [4.69, 9.17) is 25.4 Å². The molecule has 0 aliphatic carbocycles. The number of rotatable bonds is 4. The fourth-order valence-electron chi connectivity index (χ4n) is 2.00. The van der Waals surface area contributed by atoms with Gasteiger partial charge >= 0.3 is 7.82 Å². The lowest BCUT2D eigenvalue weighted by Crippen LogP contribution is -2.55. The van der Waals surface area contributed by atoms with E-state index in [1.807, 2.05) is 0 Å². The van der Waals surface area contributed by atoms with E-state index in [-0.39, 0.29) is 0 Å². The zero-order chi connectivity index (χ0) is 14.3. The third kappa shape index (κ3) is 2.91. The van der Waals surface area contributed by atoms with Crippen LogP contribution < -0.4 is 5.73 Å². The Morgan fingerprint density at radius 2 is 2.21 bits per heavy atom. The molecule has 11 heteroatoms. The van der Waals surface area contributed by atoms with Crippen molar-refractivity contribution in [2.45, 2.75) is 30.1 Å². The molecule has 6 N–H and O–H groups in total. The molecule has 1 saturated heterocycles. The molecule has 0 aromatic carbocycles. The quantitative estimate of drug-likeness (QED) is 0.350. The summed E-state index contributed by atoms with van der Waals surface area (Å²) in [6, 6.07) is 0. The lowest BCUT2D eigenvalue weighted by atomic mass is 9.99. The van der Waals surface area contributed by atoms with Crippen molar-refractivity contribution < 1.29 is 33.8 Å². The molecule has 0 aromatic heterocycles. The zero-order valence-electron chi connectivity index (χ0n) is 9.60. The van der Waals surface area contributed by atoms with Crippen LogP contribution in [0.2, 0.25) is 0 Å². The highest BCUT2D eigenvalue weighted by Gasteiger charge is 2.55. The molecule has 0 radical (unpaired) electrons. The van der Waals surface area contributed by atoms with Crippen molar-refractivity contribution in [2.75, 3.05) is 6.61 Å². The van der Waals surface area contributed by atoms with Crippen molar-refractivity contribution in [3.63, 3.8) is 0 Å². The Morgan fingerprint density at radius 1 is 1.53 bits per heavy atom. The maximum absolute atomic E-state index is 10.9. The topological polar surface area (TPSA) is 167 Å². The van der Waals surface area contributed by atoms with Crippen molar-refractivity contribution in [3.8, 4) is 0 Å². The molecule has 108 valence electrons. The van der Waals surface area contributed by atoms with Crippen LogP contribution in [0.3, 0.4) is 0 Å². The first-order valence-electron chi connectivity index (χ1n) is 5.32. The van der Waals surface area contributed by atoms with Crippen LogP contribution in [0.1, 0.15) is 0 Å². The van der Waals surface area contributed by atoms with Gasteiger partial charge in [-0.25, -0.2) is 14.5 Å². The Morgan fingerprint density at radius 3 is 2.68 bits per heavy atom. The number of phosphoric ester groups is 1. The second-order valence-corrected chi connectivity index (χ2v) is 5.43. The summed E-state index contributed by atoms with van der Waals surface area (Å²) in [5, 5.41) is 18.9. The second kappa shape index (κ2) is 5.00. The molecule has 0 amide bonds. The summed E-state index contributed by atoms with van der Waals surface area (Å²) in [5.41, 5.74) is 4.35. The number of nitrogens with zero attached hydrogens (tertiary/aromatic N) is 2. The highest BCUT2D eigenvalue weighted by Crippen LogP contribution is 2.43. The highest BCUT2D eigenvalue weighted by molar-refractivity contribution is 7.46. The fourth-order valence-corrected chi connectivity index (χ4v) is 2.55. The van der Waals surface area contributed by atoms with Crippen molar-refractivity contribution >= 4 is 20.4 Å². The number of hydrogen-bond donors (Lipinski definition) is 5. The summed E-state index contributed by atoms with van der Waals surface area (Å²) < 4.78 is 20.7. The van der Waals surface area contributed by atoms with Crippen LogP contribution in [0.15, 0.2) is 9.98 Å². The number of aliphatic hydroxyl groups is 2. The first-order valence-corrected chi connectivity index (χ1v) is 6.85. The van der Waals surface area contributed by atoms with Gasteiger partial charge in [-0.05, 0) is 0 Å². The van der Waals surface area contributed by atoms with Gasteiger partial charge < -0.3 is 30.5 Å². The first kappa shape index (κ1) is 14.7. The minimum Gasteiger partial charge on any atom is -0.394 e. The number of aliphatic imine (C=N–C) groups is 2. The van der Waals surface area contributed by atoms with E-state index in [9.17, 15) is 9.67 Å². The standard InChI is InChI=1S/C8H14N3O7P/c9-8(2-10-3-11-8)7-6(18-19(14,15)16)5(13)4(1-12)17-7/h2-7,12-13H,1,9H2,(H2,14,15,16)/t4-,5-,6-,7?,8?/m1/s1. The van der Waals surface area contributed by atoms with Crippen molar-refractivity contribution in [1.82, 2.24) is 0 Å². The van der Waals surface area contributed by atoms with E-state index in [1.165, 1.54) is 6.21 Å². The summed E-state index contributed by atoms with van der Waals surface area (Å²) in [5.74, 6) is 0.